The average Bonchev–Trinajstić information content (AvgIpc) is 3.31. The van der Waals surface area contributed by atoms with Crippen molar-refractivity contribution in [2.24, 2.45) is 7.05 Å². The summed E-state index contributed by atoms with van der Waals surface area (Å²) in [5.41, 5.74) is 1.06. The van der Waals surface area contributed by atoms with Crippen LogP contribution in [0.1, 0.15) is 22.4 Å². The number of aromatic nitrogens is 4. The van der Waals surface area contributed by atoms with E-state index in [9.17, 15) is 9.18 Å². The highest BCUT2D eigenvalue weighted by atomic mass is 35.5. The Labute approximate surface area is 162 Å². The summed E-state index contributed by atoms with van der Waals surface area (Å²) in [6.07, 6.45) is 5.31. The molecule has 7 nitrogen and oxygen atoms in total. The zero-order chi connectivity index (χ0) is 18.1. The van der Waals surface area contributed by atoms with Gasteiger partial charge in [0.2, 0.25) is 0 Å². The van der Waals surface area contributed by atoms with Gasteiger partial charge in [-0.05, 0) is 30.3 Å². The summed E-state index contributed by atoms with van der Waals surface area (Å²) < 4.78 is 16.6. The van der Waals surface area contributed by atoms with Gasteiger partial charge in [0.1, 0.15) is 17.7 Å². The number of amides is 1. The fraction of sp³-hybridized carbons (Fsp3) is 0.278. The second-order valence-electron chi connectivity index (χ2n) is 6.24. The number of piperazine rings is 1. The molecule has 1 saturated heterocycles. The molecule has 9 heteroatoms. The molecule has 1 aliphatic heterocycles. The largest absolute Gasteiger partial charge is 0.336 e. The predicted molar refractivity (Wildman–Crippen MR) is 101 cm³/mol. The molecule has 0 spiro atoms. The van der Waals surface area contributed by atoms with Crippen LogP contribution in [0.2, 0.25) is 0 Å². The van der Waals surface area contributed by atoms with Crippen molar-refractivity contribution in [3.63, 3.8) is 0 Å². The smallest absolute Gasteiger partial charge is 0.275 e. The molecule has 0 radical (unpaired) electrons. The van der Waals surface area contributed by atoms with E-state index >= 15 is 0 Å². The summed E-state index contributed by atoms with van der Waals surface area (Å²) in [6, 6.07) is 7.52. The Morgan fingerprint density at radius 3 is 2.70 bits per heavy atom. The summed E-state index contributed by atoms with van der Waals surface area (Å²) in [4.78, 5) is 19.2. The van der Waals surface area contributed by atoms with Gasteiger partial charge in [-0.2, -0.15) is 5.10 Å². The van der Waals surface area contributed by atoms with Crippen LogP contribution in [0.5, 0.6) is 0 Å². The second kappa shape index (κ2) is 7.89. The number of benzene rings is 1. The molecule has 142 valence electrons. The second-order valence-corrected chi connectivity index (χ2v) is 6.24. The van der Waals surface area contributed by atoms with Crippen LogP contribution in [0.3, 0.4) is 0 Å². The molecule has 1 aromatic carbocycles. The monoisotopic (exact) mass is 390 g/mol. The molecular formula is C18H20ClFN6O. The van der Waals surface area contributed by atoms with Gasteiger partial charge >= 0.3 is 0 Å². The lowest BCUT2D eigenvalue weighted by atomic mass is 10.1. The molecule has 1 amide bonds. The van der Waals surface area contributed by atoms with Crippen LogP contribution < -0.4 is 5.32 Å². The van der Waals surface area contributed by atoms with Gasteiger partial charge in [-0.1, -0.05) is 0 Å². The van der Waals surface area contributed by atoms with Gasteiger partial charge in [0.15, 0.2) is 5.69 Å². The van der Waals surface area contributed by atoms with Crippen molar-refractivity contribution in [2.75, 3.05) is 19.6 Å². The van der Waals surface area contributed by atoms with Crippen molar-refractivity contribution in [3.05, 3.63) is 66.3 Å². The number of hydrogen-bond acceptors (Lipinski definition) is 4. The Morgan fingerprint density at radius 2 is 2.00 bits per heavy atom. The highest BCUT2D eigenvalue weighted by molar-refractivity contribution is 5.92. The number of halogens is 2. The number of aryl methyl sites for hydroxylation is 1. The zero-order valence-electron chi connectivity index (χ0n) is 14.7. The molecule has 3 aromatic rings. The number of carbonyl (C=O) groups is 1. The summed E-state index contributed by atoms with van der Waals surface area (Å²) in [6.45, 7) is 1.96. The molecule has 1 unspecified atom stereocenters. The SMILES string of the molecule is Cl.Cn1ccnc1C1CNCCN1C(=O)c1ccn(-c2ccc(F)cc2)n1. The lowest BCUT2D eigenvalue weighted by molar-refractivity contribution is 0.0614. The van der Waals surface area contributed by atoms with Gasteiger partial charge in [-0.3, -0.25) is 4.79 Å². The average molecular weight is 391 g/mol. The number of rotatable bonds is 3. The van der Waals surface area contributed by atoms with Crippen molar-refractivity contribution >= 4 is 18.3 Å². The number of nitrogens with zero attached hydrogens (tertiary/aromatic N) is 5. The molecule has 0 saturated carbocycles. The third kappa shape index (κ3) is 3.72. The van der Waals surface area contributed by atoms with Gasteiger partial charge in [-0.15, -0.1) is 12.4 Å². The lowest BCUT2D eigenvalue weighted by Gasteiger charge is -2.35. The highest BCUT2D eigenvalue weighted by Crippen LogP contribution is 2.22. The quantitative estimate of drug-likeness (QED) is 0.742. The van der Waals surface area contributed by atoms with E-state index in [1.807, 2.05) is 17.8 Å². The van der Waals surface area contributed by atoms with E-state index in [1.165, 1.54) is 12.1 Å². The first-order chi connectivity index (χ1) is 12.6. The van der Waals surface area contributed by atoms with Crippen LogP contribution in [0.15, 0.2) is 48.9 Å². The van der Waals surface area contributed by atoms with Crippen LogP contribution in [0.4, 0.5) is 4.39 Å². The maximum Gasteiger partial charge on any atom is 0.275 e. The first kappa shape index (κ1) is 19.1. The summed E-state index contributed by atoms with van der Waals surface area (Å²) in [7, 11) is 1.92. The van der Waals surface area contributed by atoms with Gasteiger partial charge in [-0.25, -0.2) is 14.1 Å². The van der Waals surface area contributed by atoms with E-state index < -0.39 is 0 Å². The van der Waals surface area contributed by atoms with Crippen molar-refractivity contribution in [3.8, 4) is 5.69 Å². The molecule has 1 aliphatic rings. The minimum Gasteiger partial charge on any atom is -0.336 e. The molecule has 1 fully saturated rings. The predicted octanol–water partition coefficient (Wildman–Crippen LogP) is 1.95. The molecule has 1 atom stereocenters. The first-order valence-corrected chi connectivity index (χ1v) is 8.44. The van der Waals surface area contributed by atoms with Gasteiger partial charge in [0, 0.05) is 45.3 Å². The van der Waals surface area contributed by atoms with Crippen molar-refractivity contribution in [2.45, 2.75) is 6.04 Å². The number of nitrogens with one attached hydrogen (secondary N) is 1. The normalized spacial score (nSPS) is 16.8. The van der Waals surface area contributed by atoms with E-state index in [-0.39, 0.29) is 30.2 Å². The topological polar surface area (TPSA) is 68.0 Å². The molecule has 0 aliphatic carbocycles. The van der Waals surface area contributed by atoms with E-state index in [2.05, 4.69) is 15.4 Å². The van der Waals surface area contributed by atoms with Crippen LogP contribution >= 0.6 is 12.4 Å². The van der Waals surface area contributed by atoms with Gasteiger partial charge < -0.3 is 14.8 Å². The molecule has 27 heavy (non-hydrogen) atoms. The number of imidazole rings is 1. The number of carbonyl (C=O) groups excluding carboxylic acids is 1. The number of hydrogen-bond donors (Lipinski definition) is 1. The fourth-order valence-corrected chi connectivity index (χ4v) is 3.20. The molecule has 3 heterocycles. The third-order valence-electron chi connectivity index (χ3n) is 4.56. The maximum absolute atomic E-state index is 13.1. The Kier molecular flexibility index (Phi) is 5.57. The Balaban J connectivity index is 0.00000210. The molecular weight excluding hydrogens is 371 g/mol. The van der Waals surface area contributed by atoms with Gasteiger partial charge in [0.25, 0.3) is 5.91 Å². The van der Waals surface area contributed by atoms with E-state index in [0.717, 1.165) is 12.4 Å². The first-order valence-electron chi connectivity index (χ1n) is 8.44. The molecule has 2 aromatic heterocycles. The van der Waals surface area contributed by atoms with Crippen molar-refractivity contribution in [1.82, 2.24) is 29.5 Å². The van der Waals surface area contributed by atoms with Gasteiger partial charge in [0.05, 0.1) is 5.69 Å². The molecule has 1 N–H and O–H groups in total. The van der Waals surface area contributed by atoms with Crippen molar-refractivity contribution in [1.29, 1.82) is 0 Å². The van der Waals surface area contributed by atoms with E-state index in [4.69, 9.17) is 0 Å². The van der Waals surface area contributed by atoms with Crippen LogP contribution in [-0.2, 0) is 7.05 Å². The highest BCUT2D eigenvalue weighted by Gasteiger charge is 2.32. The zero-order valence-corrected chi connectivity index (χ0v) is 15.6. The Hall–Kier alpha value is -2.71. The van der Waals surface area contributed by atoms with Crippen molar-refractivity contribution < 1.29 is 9.18 Å². The van der Waals surface area contributed by atoms with Crippen LogP contribution in [-0.4, -0.2) is 49.8 Å². The standard InChI is InChI=1S/C18H19FN6O.ClH/c1-23-10-8-21-17(23)16-12-20-7-11-24(16)18(26)15-6-9-25(22-15)14-4-2-13(19)3-5-14;/h2-6,8-10,16,20H,7,11-12H2,1H3;1H. The Morgan fingerprint density at radius 1 is 1.22 bits per heavy atom. The van der Waals surface area contributed by atoms with Crippen LogP contribution in [0, 0.1) is 5.82 Å². The Bertz CT molecular complexity index is 922. The fourth-order valence-electron chi connectivity index (χ4n) is 3.20. The minimum absolute atomic E-state index is 0. The minimum atomic E-state index is -0.309. The van der Waals surface area contributed by atoms with Crippen LogP contribution in [0.25, 0.3) is 5.69 Å². The lowest BCUT2D eigenvalue weighted by Crippen LogP contribution is -2.49. The summed E-state index contributed by atoms with van der Waals surface area (Å²) in [5, 5.41) is 7.69. The molecule has 0 bridgehead atoms. The van der Waals surface area contributed by atoms with E-state index in [0.29, 0.717) is 24.5 Å². The summed E-state index contributed by atoms with van der Waals surface area (Å²) >= 11 is 0. The maximum atomic E-state index is 13.1. The molecule has 4 rings (SSSR count). The summed E-state index contributed by atoms with van der Waals surface area (Å²) in [5.74, 6) is 0.389. The third-order valence-corrected chi connectivity index (χ3v) is 4.56. The van der Waals surface area contributed by atoms with E-state index in [1.54, 1.807) is 40.2 Å².